The average molecular weight is 363 g/mol. The molecule has 1 N–H and O–H groups in total. The van der Waals surface area contributed by atoms with Crippen LogP contribution in [0.1, 0.15) is 28.5 Å². The fourth-order valence-corrected chi connectivity index (χ4v) is 3.39. The Labute approximate surface area is 157 Å². The van der Waals surface area contributed by atoms with Gasteiger partial charge >= 0.3 is 6.03 Å². The molecule has 1 aromatic heterocycles. The minimum Gasteiger partial charge on any atom is -0.489 e. The summed E-state index contributed by atoms with van der Waals surface area (Å²) >= 11 is 0. The lowest BCUT2D eigenvalue weighted by molar-refractivity contribution is 0.0811. The number of carbonyl (C=O) groups is 2. The van der Waals surface area contributed by atoms with Gasteiger partial charge in [-0.3, -0.25) is 9.69 Å². The first-order valence-corrected chi connectivity index (χ1v) is 8.96. The molecule has 3 amide bonds. The number of aromatic amines is 1. The molecule has 138 valence electrons. The smallest absolute Gasteiger partial charge is 0.327 e. The van der Waals surface area contributed by atoms with Crippen LogP contribution in [-0.2, 0) is 13.2 Å². The van der Waals surface area contributed by atoms with E-state index in [1.54, 1.807) is 4.90 Å². The molecule has 0 fully saturated rings. The van der Waals surface area contributed by atoms with Crippen molar-refractivity contribution in [1.82, 2.24) is 14.8 Å². The summed E-state index contributed by atoms with van der Waals surface area (Å²) in [4.78, 5) is 31.4. The van der Waals surface area contributed by atoms with Crippen LogP contribution in [0.3, 0.4) is 0 Å². The zero-order chi connectivity index (χ0) is 19.0. The van der Waals surface area contributed by atoms with Crippen molar-refractivity contribution in [3.8, 4) is 5.75 Å². The number of ether oxygens (including phenoxy) is 1. The van der Waals surface area contributed by atoms with Gasteiger partial charge in [-0.2, -0.15) is 0 Å². The van der Waals surface area contributed by atoms with Crippen LogP contribution in [-0.4, -0.2) is 40.3 Å². The van der Waals surface area contributed by atoms with E-state index in [0.29, 0.717) is 31.0 Å². The van der Waals surface area contributed by atoms with E-state index in [4.69, 9.17) is 4.74 Å². The molecule has 4 rings (SSSR count). The third-order valence-corrected chi connectivity index (χ3v) is 4.90. The van der Waals surface area contributed by atoms with E-state index in [9.17, 15) is 9.59 Å². The van der Waals surface area contributed by atoms with Gasteiger partial charge in [-0.1, -0.05) is 30.3 Å². The highest BCUT2D eigenvalue weighted by Crippen LogP contribution is 2.30. The molecular formula is C21H21N3O3. The van der Waals surface area contributed by atoms with E-state index in [1.807, 2.05) is 55.5 Å². The number of carbonyl (C=O) groups excluding carboxylic acids is 2. The second kappa shape index (κ2) is 6.79. The molecule has 2 heterocycles. The monoisotopic (exact) mass is 363 g/mol. The van der Waals surface area contributed by atoms with Crippen LogP contribution in [0, 0.1) is 0 Å². The average Bonchev–Trinajstić information content (AvgIpc) is 3.02. The summed E-state index contributed by atoms with van der Waals surface area (Å²) in [5.41, 5.74) is 3.24. The van der Waals surface area contributed by atoms with Crippen LogP contribution in [0.2, 0.25) is 0 Å². The lowest BCUT2D eigenvalue weighted by Crippen LogP contribution is -2.41. The molecule has 2 aromatic carbocycles. The summed E-state index contributed by atoms with van der Waals surface area (Å²) in [6, 6.07) is 15.3. The predicted octanol–water partition coefficient (Wildman–Crippen LogP) is 3.77. The molecule has 0 aliphatic carbocycles. The third kappa shape index (κ3) is 3.03. The number of amides is 3. The molecule has 0 saturated heterocycles. The molecule has 0 spiro atoms. The van der Waals surface area contributed by atoms with Gasteiger partial charge in [0.1, 0.15) is 12.4 Å². The molecular weight excluding hydrogens is 342 g/mol. The van der Waals surface area contributed by atoms with E-state index in [1.165, 1.54) is 11.9 Å². The number of nitrogens with one attached hydrogen (secondary N) is 1. The van der Waals surface area contributed by atoms with E-state index in [-0.39, 0.29) is 11.9 Å². The second-order valence-electron chi connectivity index (χ2n) is 6.62. The first-order valence-electron chi connectivity index (χ1n) is 8.96. The SMILES string of the molecule is CCN1Cc2[nH]c3ccc(OCc4ccccc4)cc3c2C(=O)N(C)C1=O. The molecule has 3 aromatic rings. The van der Waals surface area contributed by atoms with E-state index < -0.39 is 0 Å². The highest BCUT2D eigenvalue weighted by molar-refractivity contribution is 6.13. The number of aromatic nitrogens is 1. The van der Waals surface area contributed by atoms with Gasteiger partial charge in [0.15, 0.2) is 0 Å². The van der Waals surface area contributed by atoms with E-state index in [2.05, 4.69) is 4.98 Å². The molecule has 0 atom stereocenters. The summed E-state index contributed by atoms with van der Waals surface area (Å²) in [6.07, 6.45) is 0. The Kier molecular flexibility index (Phi) is 4.32. The van der Waals surface area contributed by atoms with Crippen LogP contribution < -0.4 is 4.74 Å². The van der Waals surface area contributed by atoms with Gasteiger partial charge in [-0.25, -0.2) is 4.79 Å². The Morgan fingerprint density at radius 3 is 2.63 bits per heavy atom. The van der Waals surface area contributed by atoms with E-state index >= 15 is 0 Å². The zero-order valence-electron chi connectivity index (χ0n) is 15.4. The van der Waals surface area contributed by atoms with Crippen LogP contribution >= 0.6 is 0 Å². The third-order valence-electron chi connectivity index (χ3n) is 4.90. The Bertz CT molecular complexity index is 1010. The fraction of sp³-hybridized carbons (Fsp3) is 0.238. The highest BCUT2D eigenvalue weighted by Gasteiger charge is 2.32. The molecule has 27 heavy (non-hydrogen) atoms. The second-order valence-corrected chi connectivity index (χ2v) is 6.62. The molecule has 0 bridgehead atoms. The number of hydrogen-bond acceptors (Lipinski definition) is 3. The predicted molar refractivity (Wildman–Crippen MR) is 103 cm³/mol. The maximum Gasteiger partial charge on any atom is 0.327 e. The van der Waals surface area contributed by atoms with Gasteiger partial charge in [0.05, 0.1) is 12.1 Å². The lowest BCUT2D eigenvalue weighted by Gasteiger charge is -2.22. The van der Waals surface area contributed by atoms with Crippen LogP contribution in [0.15, 0.2) is 48.5 Å². The number of rotatable bonds is 4. The van der Waals surface area contributed by atoms with Crippen molar-refractivity contribution in [2.45, 2.75) is 20.1 Å². The van der Waals surface area contributed by atoms with Crippen molar-refractivity contribution in [1.29, 1.82) is 0 Å². The van der Waals surface area contributed by atoms with Crippen LogP contribution in [0.5, 0.6) is 5.75 Å². The van der Waals surface area contributed by atoms with Crippen LogP contribution in [0.4, 0.5) is 4.79 Å². The first-order chi connectivity index (χ1) is 13.1. The van der Waals surface area contributed by atoms with Crippen LogP contribution in [0.25, 0.3) is 10.9 Å². The molecule has 1 aliphatic rings. The molecule has 6 heteroatoms. The minimum absolute atomic E-state index is 0.281. The minimum atomic E-state index is -0.294. The van der Waals surface area contributed by atoms with Crippen molar-refractivity contribution in [3.05, 3.63) is 65.4 Å². The maximum atomic E-state index is 12.9. The topological polar surface area (TPSA) is 65.6 Å². The summed E-state index contributed by atoms with van der Waals surface area (Å²) in [6.45, 7) is 3.28. The summed E-state index contributed by atoms with van der Waals surface area (Å²) in [7, 11) is 1.52. The highest BCUT2D eigenvalue weighted by atomic mass is 16.5. The summed E-state index contributed by atoms with van der Waals surface area (Å²) < 4.78 is 5.90. The molecule has 0 unspecified atom stereocenters. The number of nitrogens with zero attached hydrogens (tertiary/aromatic N) is 2. The molecule has 1 aliphatic heterocycles. The molecule has 6 nitrogen and oxygen atoms in total. The Balaban J connectivity index is 1.70. The fourth-order valence-electron chi connectivity index (χ4n) is 3.39. The van der Waals surface area contributed by atoms with Crippen molar-refractivity contribution in [2.24, 2.45) is 0 Å². The summed E-state index contributed by atoms with van der Waals surface area (Å²) in [5, 5.41) is 0.776. The van der Waals surface area contributed by atoms with Crippen molar-refractivity contribution >= 4 is 22.8 Å². The maximum absolute atomic E-state index is 12.9. The number of H-pyrrole nitrogens is 1. The Morgan fingerprint density at radius 2 is 1.89 bits per heavy atom. The van der Waals surface area contributed by atoms with Crippen molar-refractivity contribution in [2.75, 3.05) is 13.6 Å². The number of imide groups is 1. The molecule has 0 radical (unpaired) electrons. The first kappa shape index (κ1) is 17.1. The van der Waals surface area contributed by atoms with Crippen molar-refractivity contribution in [3.63, 3.8) is 0 Å². The number of hydrogen-bond donors (Lipinski definition) is 1. The van der Waals surface area contributed by atoms with Gasteiger partial charge in [-0.05, 0) is 30.7 Å². The largest absolute Gasteiger partial charge is 0.489 e. The van der Waals surface area contributed by atoms with Crippen molar-refractivity contribution < 1.29 is 14.3 Å². The van der Waals surface area contributed by atoms with Gasteiger partial charge < -0.3 is 14.6 Å². The normalized spacial score (nSPS) is 14.4. The van der Waals surface area contributed by atoms with Gasteiger partial charge in [-0.15, -0.1) is 0 Å². The summed E-state index contributed by atoms with van der Waals surface area (Å²) in [5.74, 6) is 0.393. The van der Waals surface area contributed by atoms with Gasteiger partial charge in [0.25, 0.3) is 5.91 Å². The standard InChI is InChI=1S/C21H21N3O3/c1-3-24-12-18-19(20(25)23(2)21(24)26)16-11-15(9-10-17(16)22-18)27-13-14-7-5-4-6-8-14/h4-11,22H,3,12-13H2,1-2H3. The number of fused-ring (bicyclic) bond motifs is 3. The van der Waals surface area contributed by atoms with Gasteiger partial charge in [0, 0.05) is 30.2 Å². The lowest BCUT2D eigenvalue weighted by atomic mass is 10.1. The number of benzene rings is 2. The zero-order valence-corrected chi connectivity index (χ0v) is 15.4. The number of urea groups is 1. The molecule has 0 saturated carbocycles. The Hall–Kier alpha value is -3.28. The van der Waals surface area contributed by atoms with E-state index in [0.717, 1.165) is 22.2 Å². The quantitative estimate of drug-likeness (QED) is 0.767. The Morgan fingerprint density at radius 1 is 1.11 bits per heavy atom. The van der Waals surface area contributed by atoms with Gasteiger partial charge in [0.2, 0.25) is 0 Å².